The minimum Gasteiger partial charge on any atom is -0.495 e. The maximum Gasteiger partial charge on any atom is 0.342 e. The fourth-order valence-corrected chi connectivity index (χ4v) is 2.57. The van der Waals surface area contributed by atoms with E-state index in [0.29, 0.717) is 17.0 Å². The molecule has 0 unspecified atom stereocenters. The molecule has 0 aliphatic rings. The van der Waals surface area contributed by atoms with Crippen molar-refractivity contribution in [2.24, 2.45) is 0 Å². The number of carbonyl (C=O) groups is 2. The lowest BCUT2D eigenvalue weighted by Crippen LogP contribution is -2.26. The Morgan fingerprint density at radius 1 is 1.07 bits per heavy atom. The van der Waals surface area contributed by atoms with Crippen LogP contribution in [0.25, 0.3) is 0 Å². The number of aryl methyl sites for hydroxylation is 1. The molecule has 0 saturated carbocycles. The van der Waals surface area contributed by atoms with Gasteiger partial charge >= 0.3 is 5.97 Å². The molecule has 1 N–H and O–H groups in total. The zero-order valence-electron chi connectivity index (χ0n) is 15.0. The minimum absolute atomic E-state index is 0.233. The van der Waals surface area contributed by atoms with Gasteiger partial charge in [-0.1, -0.05) is 36.4 Å². The molecule has 1 heterocycles. The number of ether oxygens (including phenoxy) is 2. The highest BCUT2D eigenvalue weighted by Gasteiger charge is 2.27. The molecule has 1 atom stereocenters. The van der Waals surface area contributed by atoms with Gasteiger partial charge in [-0.2, -0.15) is 0 Å². The van der Waals surface area contributed by atoms with E-state index in [1.165, 1.54) is 25.7 Å². The van der Waals surface area contributed by atoms with Crippen LogP contribution in [0.4, 0.5) is 5.69 Å². The molecule has 6 heteroatoms. The third kappa shape index (κ3) is 4.36. The molecule has 0 aliphatic heterocycles. The van der Waals surface area contributed by atoms with Gasteiger partial charge in [0.15, 0.2) is 0 Å². The Labute approximate surface area is 156 Å². The van der Waals surface area contributed by atoms with Crippen molar-refractivity contribution in [2.75, 3.05) is 12.4 Å². The van der Waals surface area contributed by atoms with Gasteiger partial charge in [-0.25, -0.2) is 4.79 Å². The lowest BCUT2D eigenvalue weighted by atomic mass is 10.1. The van der Waals surface area contributed by atoms with Gasteiger partial charge in [0.05, 0.1) is 24.6 Å². The lowest BCUT2D eigenvalue weighted by Gasteiger charge is -2.19. The molecule has 27 heavy (non-hydrogen) atoms. The summed E-state index contributed by atoms with van der Waals surface area (Å²) in [6.45, 7) is 1.91. The molecule has 3 rings (SSSR count). The molecule has 2 aromatic carbocycles. The fourth-order valence-electron chi connectivity index (χ4n) is 2.57. The average Bonchev–Trinajstić information content (AvgIpc) is 3.21. The van der Waals surface area contributed by atoms with Crippen molar-refractivity contribution in [3.63, 3.8) is 0 Å². The number of amides is 1. The molecular weight excluding hydrogens is 346 g/mol. The summed E-state index contributed by atoms with van der Waals surface area (Å²) in [6, 6.07) is 15.7. The number of hydrogen-bond donors (Lipinski definition) is 1. The van der Waals surface area contributed by atoms with Gasteiger partial charge in [-0.3, -0.25) is 4.79 Å². The first-order chi connectivity index (χ1) is 13.1. The Bertz CT molecular complexity index is 919. The SMILES string of the molecule is COc1ccc(C)cc1NC(=O)[C@H](OC(=O)c1ccoc1)c1ccccc1. The first-order valence-electron chi connectivity index (χ1n) is 8.32. The van der Waals surface area contributed by atoms with E-state index in [-0.39, 0.29) is 5.56 Å². The summed E-state index contributed by atoms with van der Waals surface area (Å²) < 4.78 is 15.7. The van der Waals surface area contributed by atoms with E-state index in [4.69, 9.17) is 13.9 Å². The average molecular weight is 365 g/mol. The molecule has 6 nitrogen and oxygen atoms in total. The molecule has 1 amide bonds. The number of rotatable bonds is 6. The van der Waals surface area contributed by atoms with Gasteiger partial charge in [0.1, 0.15) is 12.0 Å². The molecule has 0 bridgehead atoms. The first kappa shape index (κ1) is 18.3. The van der Waals surface area contributed by atoms with Gasteiger partial charge in [-0.05, 0) is 30.7 Å². The minimum atomic E-state index is -1.13. The number of furan rings is 1. The number of nitrogens with one attached hydrogen (secondary N) is 1. The van der Waals surface area contributed by atoms with Crippen LogP contribution < -0.4 is 10.1 Å². The van der Waals surface area contributed by atoms with Crippen LogP contribution in [0.15, 0.2) is 71.5 Å². The Kier molecular flexibility index (Phi) is 5.56. The van der Waals surface area contributed by atoms with Crippen molar-refractivity contribution in [1.82, 2.24) is 0 Å². The van der Waals surface area contributed by atoms with Crippen LogP contribution in [0.2, 0.25) is 0 Å². The van der Waals surface area contributed by atoms with Crippen LogP contribution in [-0.2, 0) is 9.53 Å². The first-order valence-corrected chi connectivity index (χ1v) is 8.32. The topological polar surface area (TPSA) is 77.8 Å². The largest absolute Gasteiger partial charge is 0.495 e. The summed E-state index contributed by atoms with van der Waals surface area (Å²) in [5.74, 6) is -0.618. The van der Waals surface area contributed by atoms with Crippen LogP contribution in [-0.4, -0.2) is 19.0 Å². The van der Waals surface area contributed by atoms with E-state index in [9.17, 15) is 9.59 Å². The Morgan fingerprint density at radius 2 is 1.85 bits per heavy atom. The van der Waals surface area contributed by atoms with Crippen LogP contribution >= 0.6 is 0 Å². The van der Waals surface area contributed by atoms with Gasteiger partial charge < -0.3 is 19.2 Å². The zero-order valence-corrected chi connectivity index (χ0v) is 15.0. The second-order valence-corrected chi connectivity index (χ2v) is 5.90. The van der Waals surface area contributed by atoms with Gasteiger partial charge in [0.25, 0.3) is 5.91 Å². The van der Waals surface area contributed by atoms with E-state index in [0.717, 1.165) is 5.56 Å². The number of esters is 1. The third-order valence-electron chi connectivity index (χ3n) is 3.94. The maximum atomic E-state index is 12.9. The van der Waals surface area contributed by atoms with Crippen LogP contribution in [0.1, 0.15) is 27.6 Å². The number of carbonyl (C=O) groups excluding carboxylic acids is 2. The predicted molar refractivity (Wildman–Crippen MR) is 99.7 cm³/mol. The zero-order chi connectivity index (χ0) is 19.2. The Morgan fingerprint density at radius 3 is 2.52 bits per heavy atom. The van der Waals surface area contributed by atoms with Crippen LogP contribution in [0, 0.1) is 6.92 Å². The van der Waals surface area contributed by atoms with Gasteiger partial charge in [0.2, 0.25) is 6.10 Å². The maximum absolute atomic E-state index is 12.9. The molecular formula is C21H19NO5. The second kappa shape index (κ2) is 8.23. The summed E-state index contributed by atoms with van der Waals surface area (Å²) in [4.78, 5) is 25.3. The van der Waals surface area contributed by atoms with Crippen molar-refractivity contribution in [3.8, 4) is 5.75 Å². The normalized spacial score (nSPS) is 11.5. The summed E-state index contributed by atoms with van der Waals surface area (Å²) in [7, 11) is 1.52. The van der Waals surface area contributed by atoms with E-state index in [2.05, 4.69) is 5.32 Å². The van der Waals surface area contributed by atoms with E-state index in [1.54, 1.807) is 36.4 Å². The van der Waals surface area contributed by atoms with E-state index >= 15 is 0 Å². The standard InChI is InChI=1S/C21H19NO5/c1-14-8-9-18(25-2)17(12-14)22-20(23)19(15-6-4-3-5-7-15)27-21(24)16-10-11-26-13-16/h3-13,19H,1-2H3,(H,22,23)/t19-/m1/s1. The summed E-state index contributed by atoms with van der Waals surface area (Å²) in [6.07, 6.45) is 1.51. The monoisotopic (exact) mass is 365 g/mol. The van der Waals surface area contributed by atoms with E-state index < -0.39 is 18.0 Å². The summed E-state index contributed by atoms with van der Waals surface area (Å²) in [5, 5.41) is 2.79. The van der Waals surface area contributed by atoms with Crippen LogP contribution in [0.5, 0.6) is 5.75 Å². The quantitative estimate of drug-likeness (QED) is 0.665. The third-order valence-corrected chi connectivity index (χ3v) is 3.94. The van der Waals surface area contributed by atoms with Gasteiger partial charge in [-0.15, -0.1) is 0 Å². The highest BCUT2D eigenvalue weighted by molar-refractivity contribution is 5.99. The molecule has 138 valence electrons. The second-order valence-electron chi connectivity index (χ2n) is 5.90. The molecule has 3 aromatic rings. The van der Waals surface area contributed by atoms with Crippen LogP contribution in [0.3, 0.4) is 0 Å². The Hall–Kier alpha value is -3.54. The number of anilines is 1. The molecule has 1 aromatic heterocycles. The molecule has 0 aliphatic carbocycles. The van der Waals surface area contributed by atoms with Crippen molar-refractivity contribution in [3.05, 3.63) is 83.8 Å². The summed E-state index contributed by atoms with van der Waals surface area (Å²) in [5.41, 5.74) is 2.25. The highest BCUT2D eigenvalue weighted by atomic mass is 16.5. The molecule has 0 saturated heterocycles. The predicted octanol–water partition coefficient (Wildman–Crippen LogP) is 4.13. The lowest BCUT2D eigenvalue weighted by molar-refractivity contribution is -0.125. The fraction of sp³-hybridized carbons (Fsp3) is 0.143. The van der Waals surface area contributed by atoms with Crippen molar-refractivity contribution < 1.29 is 23.5 Å². The van der Waals surface area contributed by atoms with E-state index in [1.807, 2.05) is 19.1 Å². The Balaban J connectivity index is 1.87. The number of methoxy groups -OCH3 is 1. The molecule has 0 radical (unpaired) electrons. The number of hydrogen-bond acceptors (Lipinski definition) is 5. The highest BCUT2D eigenvalue weighted by Crippen LogP contribution is 2.28. The van der Waals surface area contributed by atoms with Crippen molar-refractivity contribution in [2.45, 2.75) is 13.0 Å². The molecule has 0 fully saturated rings. The van der Waals surface area contributed by atoms with Crippen molar-refractivity contribution in [1.29, 1.82) is 0 Å². The van der Waals surface area contributed by atoms with Gasteiger partial charge in [0, 0.05) is 5.56 Å². The summed E-state index contributed by atoms with van der Waals surface area (Å²) >= 11 is 0. The van der Waals surface area contributed by atoms with Crippen molar-refractivity contribution >= 4 is 17.6 Å². The number of benzene rings is 2. The smallest absolute Gasteiger partial charge is 0.342 e. The molecule has 0 spiro atoms.